The zero-order chi connectivity index (χ0) is 24.7. The predicted octanol–water partition coefficient (Wildman–Crippen LogP) is -2.24. The molecule has 1 aromatic rings. The number of rotatable bonds is 10. The molecule has 1 rings (SSSR count). The first-order chi connectivity index (χ1) is 14.7. The van der Waals surface area contributed by atoms with Crippen LogP contribution in [0.4, 0.5) is 4.39 Å². The third kappa shape index (κ3) is 7.30. The highest BCUT2D eigenvalue weighted by molar-refractivity contribution is 5.93. The molecule has 0 aliphatic rings. The molecule has 1 heterocycles. The number of carboxylic acids is 1. The largest absolute Gasteiger partial charge is 0.478 e. The van der Waals surface area contributed by atoms with Gasteiger partial charge in [0.05, 0.1) is 12.2 Å². The molecule has 14 heteroatoms. The van der Waals surface area contributed by atoms with Crippen molar-refractivity contribution in [2.24, 2.45) is 11.7 Å². The van der Waals surface area contributed by atoms with Crippen molar-refractivity contribution in [3.8, 4) is 0 Å². The highest BCUT2D eigenvalue weighted by Gasteiger charge is 2.29. The van der Waals surface area contributed by atoms with E-state index in [2.05, 4.69) is 10.6 Å². The van der Waals surface area contributed by atoms with E-state index in [1.54, 1.807) is 4.98 Å². The molecule has 1 unspecified atom stereocenters. The molecule has 3 amide bonds. The number of halogens is 1. The van der Waals surface area contributed by atoms with Crippen molar-refractivity contribution in [3.05, 3.63) is 32.9 Å². The predicted molar refractivity (Wildman–Crippen MR) is 109 cm³/mol. The number of hydrogen-bond donors (Lipinski definition) is 6. The van der Waals surface area contributed by atoms with Gasteiger partial charge in [0.25, 0.3) is 5.56 Å². The van der Waals surface area contributed by atoms with Gasteiger partial charge in [-0.15, -0.1) is 0 Å². The van der Waals surface area contributed by atoms with Crippen LogP contribution in [0.2, 0.25) is 0 Å². The quantitative estimate of drug-likeness (QED) is 0.225. The molecule has 0 fully saturated rings. The van der Waals surface area contributed by atoms with Gasteiger partial charge in [0.2, 0.25) is 29.7 Å². The van der Waals surface area contributed by atoms with Crippen LogP contribution in [0.15, 0.2) is 15.8 Å². The van der Waals surface area contributed by atoms with Crippen molar-refractivity contribution in [1.29, 1.82) is 0 Å². The molecule has 0 saturated heterocycles. The summed E-state index contributed by atoms with van der Waals surface area (Å²) in [4.78, 5) is 72.9. The molecule has 7 N–H and O–H groups in total. The SMILES string of the molecule is CC(C)C[C@H](NC(=O)[C@H](C)N)C(=O)N[C@@H](C)C(=O)NC(C(=O)O)n1cc(F)c(=O)[nH]c1=O. The molecule has 0 radical (unpaired) electrons. The average Bonchev–Trinajstić information content (AvgIpc) is 2.67. The van der Waals surface area contributed by atoms with E-state index in [-0.39, 0.29) is 16.9 Å². The van der Waals surface area contributed by atoms with E-state index >= 15 is 0 Å². The smallest absolute Gasteiger partial charge is 0.347 e. The van der Waals surface area contributed by atoms with Crippen LogP contribution < -0.4 is 32.9 Å². The van der Waals surface area contributed by atoms with E-state index in [1.165, 1.54) is 13.8 Å². The number of amides is 3. The van der Waals surface area contributed by atoms with Crippen LogP contribution in [-0.2, 0) is 19.2 Å². The first-order valence-electron chi connectivity index (χ1n) is 9.65. The molecule has 32 heavy (non-hydrogen) atoms. The number of carboxylic acid groups (broad SMARTS) is 1. The summed E-state index contributed by atoms with van der Waals surface area (Å²) in [5.41, 5.74) is 2.87. The number of aliphatic carboxylic acids is 1. The number of carbonyl (C=O) groups is 4. The van der Waals surface area contributed by atoms with Crippen molar-refractivity contribution in [1.82, 2.24) is 25.5 Å². The van der Waals surface area contributed by atoms with E-state index in [1.807, 2.05) is 19.2 Å². The molecule has 0 aliphatic heterocycles. The summed E-state index contributed by atoms with van der Waals surface area (Å²) in [7, 11) is 0. The van der Waals surface area contributed by atoms with Gasteiger partial charge < -0.3 is 26.8 Å². The summed E-state index contributed by atoms with van der Waals surface area (Å²) in [5.74, 6) is -5.48. The Balaban J connectivity index is 2.98. The molecule has 0 aliphatic carbocycles. The Morgan fingerprint density at radius 1 is 1.06 bits per heavy atom. The number of nitrogens with zero attached hydrogens (tertiary/aromatic N) is 1. The molecule has 4 atom stereocenters. The molecular weight excluding hydrogens is 431 g/mol. The van der Waals surface area contributed by atoms with Crippen molar-refractivity contribution in [2.45, 2.75) is 58.4 Å². The second kappa shape index (κ2) is 11.2. The zero-order valence-corrected chi connectivity index (χ0v) is 18.0. The molecule has 13 nitrogen and oxygen atoms in total. The topological polar surface area (TPSA) is 205 Å². The average molecular weight is 458 g/mol. The van der Waals surface area contributed by atoms with E-state index in [4.69, 9.17) is 5.73 Å². The summed E-state index contributed by atoms with van der Waals surface area (Å²) in [6.07, 6.45) is -1.49. The molecule has 0 bridgehead atoms. The molecular formula is C18H27FN6O7. The Morgan fingerprint density at radius 3 is 2.16 bits per heavy atom. The minimum atomic E-state index is -2.06. The lowest BCUT2D eigenvalue weighted by Crippen LogP contribution is -2.56. The minimum Gasteiger partial charge on any atom is -0.478 e. The standard InChI is InChI=1S/C18H27FN6O7/c1-7(2)5-11(22-13(26)8(3)20)16(29)21-9(4)14(27)23-12(17(30)31)25-6-10(19)15(28)24-18(25)32/h6-9,11-12H,5,20H2,1-4H3,(H,21,29)(H,22,26)(H,23,27)(H,30,31)(H,24,28,32)/t8-,9-,11-,12?/m0/s1. The number of nitrogens with one attached hydrogen (secondary N) is 4. The Bertz CT molecular complexity index is 987. The Hall–Kier alpha value is -3.55. The van der Waals surface area contributed by atoms with Crippen LogP contribution in [-0.4, -0.2) is 56.5 Å². The van der Waals surface area contributed by atoms with Gasteiger partial charge in [0.1, 0.15) is 12.1 Å². The highest BCUT2D eigenvalue weighted by Crippen LogP contribution is 2.06. The maximum absolute atomic E-state index is 13.5. The maximum Gasteiger partial charge on any atom is 0.347 e. The number of H-pyrrole nitrogens is 1. The third-order valence-corrected chi connectivity index (χ3v) is 4.22. The monoisotopic (exact) mass is 458 g/mol. The van der Waals surface area contributed by atoms with Gasteiger partial charge in [0.15, 0.2) is 0 Å². The summed E-state index contributed by atoms with van der Waals surface area (Å²) in [5, 5.41) is 16.1. The Morgan fingerprint density at radius 2 is 1.66 bits per heavy atom. The molecule has 0 spiro atoms. The van der Waals surface area contributed by atoms with Gasteiger partial charge in [-0.3, -0.25) is 28.7 Å². The minimum absolute atomic E-state index is 0.00154. The van der Waals surface area contributed by atoms with E-state index in [9.17, 15) is 38.3 Å². The lowest BCUT2D eigenvalue weighted by Gasteiger charge is -2.24. The number of aromatic nitrogens is 2. The molecule has 178 valence electrons. The van der Waals surface area contributed by atoms with E-state index in [0.717, 1.165) is 0 Å². The lowest BCUT2D eigenvalue weighted by molar-refractivity contribution is -0.145. The fourth-order valence-electron chi connectivity index (χ4n) is 2.55. The number of carbonyl (C=O) groups excluding carboxylic acids is 3. The van der Waals surface area contributed by atoms with Gasteiger partial charge >= 0.3 is 11.7 Å². The van der Waals surface area contributed by atoms with Gasteiger partial charge in [-0.05, 0) is 26.2 Å². The third-order valence-electron chi connectivity index (χ3n) is 4.22. The fraction of sp³-hybridized carbons (Fsp3) is 0.556. The van der Waals surface area contributed by atoms with E-state index < -0.39 is 65.0 Å². The van der Waals surface area contributed by atoms with Gasteiger partial charge in [-0.2, -0.15) is 4.39 Å². The van der Waals surface area contributed by atoms with Crippen LogP contribution >= 0.6 is 0 Å². The number of hydrogen-bond acceptors (Lipinski definition) is 7. The molecule has 0 saturated carbocycles. The Kier molecular flexibility index (Phi) is 9.25. The Labute approximate surface area is 181 Å². The van der Waals surface area contributed by atoms with Crippen LogP contribution in [0.5, 0.6) is 0 Å². The number of nitrogens with two attached hydrogens (primary N) is 1. The first-order valence-corrected chi connectivity index (χ1v) is 9.65. The van der Waals surface area contributed by atoms with Gasteiger partial charge in [-0.25, -0.2) is 9.59 Å². The summed E-state index contributed by atoms with van der Waals surface area (Å²) in [6, 6.07) is -3.17. The second-order valence-corrected chi connectivity index (χ2v) is 7.60. The highest BCUT2D eigenvalue weighted by atomic mass is 19.1. The van der Waals surface area contributed by atoms with Crippen molar-refractivity contribution in [2.75, 3.05) is 0 Å². The summed E-state index contributed by atoms with van der Waals surface area (Å²) < 4.78 is 13.8. The van der Waals surface area contributed by atoms with Crippen molar-refractivity contribution in [3.63, 3.8) is 0 Å². The van der Waals surface area contributed by atoms with Crippen LogP contribution in [0, 0.1) is 11.7 Å². The summed E-state index contributed by atoms with van der Waals surface area (Å²) >= 11 is 0. The van der Waals surface area contributed by atoms with E-state index in [0.29, 0.717) is 6.20 Å². The molecule has 0 aromatic carbocycles. The van der Waals surface area contributed by atoms with Gasteiger partial charge in [0, 0.05) is 0 Å². The number of aromatic amines is 1. The molecule has 1 aromatic heterocycles. The summed E-state index contributed by atoms with van der Waals surface area (Å²) in [6.45, 7) is 6.30. The van der Waals surface area contributed by atoms with Crippen LogP contribution in [0.1, 0.15) is 40.3 Å². The normalized spacial score (nSPS) is 14.7. The van der Waals surface area contributed by atoms with Crippen LogP contribution in [0.3, 0.4) is 0 Å². The second-order valence-electron chi connectivity index (χ2n) is 7.60. The maximum atomic E-state index is 13.5. The van der Waals surface area contributed by atoms with Crippen molar-refractivity contribution >= 4 is 23.7 Å². The first kappa shape index (κ1) is 26.5. The fourth-order valence-corrected chi connectivity index (χ4v) is 2.55. The zero-order valence-electron chi connectivity index (χ0n) is 18.0. The van der Waals surface area contributed by atoms with Crippen molar-refractivity contribution < 1.29 is 28.7 Å². The van der Waals surface area contributed by atoms with Gasteiger partial charge in [-0.1, -0.05) is 13.8 Å². The lowest BCUT2D eigenvalue weighted by atomic mass is 10.0. The van der Waals surface area contributed by atoms with Crippen LogP contribution in [0.25, 0.3) is 0 Å².